The Labute approximate surface area is 203 Å². The van der Waals surface area contributed by atoms with Gasteiger partial charge in [0.1, 0.15) is 5.69 Å². The van der Waals surface area contributed by atoms with Crippen molar-refractivity contribution in [3.05, 3.63) is 33.5 Å². The number of halogens is 3. The Hall–Kier alpha value is -2.37. The van der Waals surface area contributed by atoms with Crippen LogP contribution >= 0.6 is 22.6 Å². The SMILES string of the molecule is Cc1cc(-c2nnc(-c3ccc(I)cc3N3CCC4(CC3)CC4)o2)nc(N2CC(F)(F)C2)n1. The van der Waals surface area contributed by atoms with Gasteiger partial charge in [0.05, 0.1) is 24.3 Å². The average Bonchev–Trinajstić information content (AvgIpc) is 3.33. The number of aromatic nitrogens is 4. The van der Waals surface area contributed by atoms with Crippen LogP contribution in [-0.4, -0.2) is 52.3 Å². The second kappa shape index (κ2) is 7.57. The highest BCUT2D eigenvalue weighted by Gasteiger charge is 2.46. The van der Waals surface area contributed by atoms with Gasteiger partial charge in [0.15, 0.2) is 0 Å². The molecule has 3 fully saturated rings. The fourth-order valence-corrected chi connectivity index (χ4v) is 5.21. The van der Waals surface area contributed by atoms with Crippen LogP contribution in [0.1, 0.15) is 31.4 Å². The van der Waals surface area contributed by atoms with E-state index < -0.39 is 5.92 Å². The van der Waals surface area contributed by atoms with Crippen LogP contribution in [0.3, 0.4) is 0 Å². The number of nitrogens with zero attached hydrogens (tertiary/aromatic N) is 6. The maximum atomic E-state index is 13.3. The van der Waals surface area contributed by atoms with Crippen LogP contribution in [0.5, 0.6) is 0 Å². The highest BCUT2D eigenvalue weighted by atomic mass is 127. The van der Waals surface area contributed by atoms with Crippen LogP contribution in [0.15, 0.2) is 28.7 Å². The molecule has 0 radical (unpaired) electrons. The van der Waals surface area contributed by atoms with Crippen LogP contribution in [-0.2, 0) is 0 Å². The van der Waals surface area contributed by atoms with Crippen LogP contribution in [0.25, 0.3) is 23.0 Å². The number of hydrogen-bond donors (Lipinski definition) is 0. The minimum Gasteiger partial charge on any atom is -0.415 e. The molecule has 2 saturated heterocycles. The topological polar surface area (TPSA) is 71.2 Å². The van der Waals surface area contributed by atoms with Gasteiger partial charge < -0.3 is 14.2 Å². The fraction of sp³-hybridized carbons (Fsp3) is 0.478. The number of anilines is 2. The van der Waals surface area contributed by atoms with E-state index in [1.807, 2.05) is 12.1 Å². The summed E-state index contributed by atoms with van der Waals surface area (Å²) in [5.41, 5.74) is 3.69. The van der Waals surface area contributed by atoms with Gasteiger partial charge in [-0.15, -0.1) is 10.2 Å². The Morgan fingerprint density at radius 1 is 0.939 bits per heavy atom. The summed E-state index contributed by atoms with van der Waals surface area (Å²) in [5, 5.41) is 8.54. The number of aryl methyl sites for hydroxylation is 1. The molecule has 0 unspecified atom stereocenters. The third-order valence-corrected chi connectivity index (χ3v) is 7.60. The van der Waals surface area contributed by atoms with Crippen LogP contribution in [0.2, 0.25) is 0 Å². The summed E-state index contributed by atoms with van der Waals surface area (Å²) in [6.45, 7) is 3.10. The third kappa shape index (κ3) is 4.06. The Morgan fingerprint density at radius 2 is 1.67 bits per heavy atom. The summed E-state index contributed by atoms with van der Waals surface area (Å²) in [4.78, 5) is 12.6. The normalized spacial score (nSPS) is 20.7. The molecule has 10 heteroatoms. The first kappa shape index (κ1) is 21.2. The van der Waals surface area contributed by atoms with E-state index in [9.17, 15) is 8.78 Å². The molecule has 6 rings (SSSR count). The lowest BCUT2D eigenvalue weighted by Gasteiger charge is -2.38. The van der Waals surface area contributed by atoms with Gasteiger partial charge in [0.25, 0.3) is 11.8 Å². The zero-order valence-corrected chi connectivity index (χ0v) is 20.3. The predicted molar refractivity (Wildman–Crippen MR) is 128 cm³/mol. The fourth-order valence-electron chi connectivity index (χ4n) is 4.74. The van der Waals surface area contributed by atoms with E-state index in [0.29, 0.717) is 22.7 Å². The molecule has 2 aliphatic heterocycles. The summed E-state index contributed by atoms with van der Waals surface area (Å²) in [5.74, 6) is -1.76. The monoisotopic (exact) mass is 564 g/mol. The van der Waals surface area contributed by atoms with Crippen molar-refractivity contribution in [1.82, 2.24) is 20.2 Å². The second-order valence-electron chi connectivity index (χ2n) is 9.47. The second-order valence-corrected chi connectivity index (χ2v) is 10.7. The van der Waals surface area contributed by atoms with E-state index in [1.165, 1.54) is 30.6 Å². The molecule has 3 aromatic rings. The predicted octanol–water partition coefficient (Wildman–Crippen LogP) is 4.94. The van der Waals surface area contributed by atoms with Gasteiger partial charge in [0.2, 0.25) is 11.8 Å². The number of alkyl halides is 2. The Morgan fingerprint density at radius 3 is 2.36 bits per heavy atom. The highest BCUT2D eigenvalue weighted by molar-refractivity contribution is 14.1. The van der Waals surface area contributed by atoms with Gasteiger partial charge in [-0.3, -0.25) is 0 Å². The molecular formula is C23H23F2IN6O. The molecule has 172 valence electrons. The van der Waals surface area contributed by atoms with E-state index in [1.54, 1.807) is 13.0 Å². The van der Waals surface area contributed by atoms with Crippen molar-refractivity contribution in [3.8, 4) is 23.0 Å². The summed E-state index contributed by atoms with van der Waals surface area (Å²) >= 11 is 2.33. The molecular weight excluding hydrogens is 541 g/mol. The Balaban J connectivity index is 1.30. The Kier molecular flexibility index (Phi) is 4.86. The molecule has 0 N–H and O–H groups in total. The number of hydrogen-bond acceptors (Lipinski definition) is 7. The zero-order valence-electron chi connectivity index (χ0n) is 18.2. The first-order valence-electron chi connectivity index (χ1n) is 11.2. The van der Waals surface area contributed by atoms with Crippen molar-refractivity contribution in [1.29, 1.82) is 0 Å². The van der Waals surface area contributed by atoms with Crippen LogP contribution in [0, 0.1) is 15.9 Å². The van der Waals surface area contributed by atoms with Gasteiger partial charge in [-0.2, -0.15) is 0 Å². The van der Waals surface area contributed by atoms with Gasteiger partial charge in [0, 0.05) is 22.4 Å². The molecule has 1 aromatic carbocycles. The molecule has 7 nitrogen and oxygen atoms in total. The summed E-state index contributed by atoms with van der Waals surface area (Å²) in [6.07, 6.45) is 5.18. The number of benzene rings is 1. The Bertz CT molecular complexity index is 1210. The average molecular weight is 564 g/mol. The van der Waals surface area contributed by atoms with E-state index >= 15 is 0 Å². The molecule has 0 atom stereocenters. The largest absolute Gasteiger partial charge is 0.415 e. The maximum absolute atomic E-state index is 13.3. The molecule has 33 heavy (non-hydrogen) atoms. The highest BCUT2D eigenvalue weighted by Crippen LogP contribution is 2.54. The lowest BCUT2D eigenvalue weighted by Crippen LogP contribution is -2.57. The van der Waals surface area contributed by atoms with E-state index in [2.05, 4.69) is 53.7 Å². The van der Waals surface area contributed by atoms with E-state index in [4.69, 9.17) is 4.42 Å². The van der Waals surface area contributed by atoms with Crippen molar-refractivity contribution >= 4 is 34.2 Å². The van der Waals surface area contributed by atoms with Crippen LogP contribution in [0.4, 0.5) is 20.4 Å². The molecule has 3 aliphatic rings. The van der Waals surface area contributed by atoms with Gasteiger partial charge in [-0.25, -0.2) is 18.7 Å². The molecule has 2 aromatic heterocycles. The minimum absolute atomic E-state index is 0.254. The standard InChI is InChI=1S/C23H23F2IN6O/c1-14-10-17(28-21(27-14)32-12-23(24,25)13-32)20-30-29-19(33-20)16-3-2-15(26)11-18(16)31-8-6-22(4-5-22)7-9-31/h2-3,10-11H,4-9,12-13H2,1H3. The third-order valence-electron chi connectivity index (χ3n) is 6.93. The number of piperidine rings is 1. The summed E-state index contributed by atoms with van der Waals surface area (Å²) < 4.78 is 33.8. The first-order valence-corrected chi connectivity index (χ1v) is 12.2. The smallest absolute Gasteiger partial charge is 0.282 e. The number of rotatable bonds is 4. The first-order chi connectivity index (χ1) is 15.8. The molecule has 0 bridgehead atoms. The summed E-state index contributed by atoms with van der Waals surface area (Å²) in [6, 6.07) is 7.95. The van der Waals surface area contributed by atoms with Crippen molar-refractivity contribution in [2.24, 2.45) is 5.41 Å². The van der Waals surface area contributed by atoms with Crippen molar-refractivity contribution in [3.63, 3.8) is 0 Å². The molecule has 4 heterocycles. The van der Waals surface area contributed by atoms with Crippen molar-refractivity contribution < 1.29 is 13.2 Å². The molecule has 0 amide bonds. The van der Waals surface area contributed by atoms with Crippen molar-refractivity contribution in [2.75, 3.05) is 36.0 Å². The maximum Gasteiger partial charge on any atom is 0.282 e. The minimum atomic E-state index is -2.69. The zero-order chi connectivity index (χ0) is 22.8. The quantitative estimate of drug-likeness (QED) is 0.416. The van der Waals surface area contributed by atoms with Gasteiger partial charge in [-0.1, -0.05) is 0 Å². The van der Waals surface area contributed by atoms with E-state index in [-0.39, 0.29) is 24.9 Å². The van der Waals surface area contributed by atoms with Gasteiger partial charge in [-0.05, 0) is 84.9 Å². The lowest BCUT2D eigenvalue weighted by atomic mass is 9.93. The molecule has 1 spiro atoms. The summed E-state index contributed by atoms with van der Waals surface area (Å²) in [7, 11) is 0. The van der Waals surface area contributed by atoms with Gasteiger partial charge >= 0.3 is 0 Å². The molecule has 1 saturated carbocycles. The molecule has 1 aliphatic carbocycles. The van der Waals surface area contributed by atoms with Crippen molar-refractivity contribution in [2.45, 2.75) is 38.5 Å². The van der Waals surface area contributed by atoms with Crippen LogP contribution < -0.4 is 9.80 Å². The lowest BCUT2D eigenvalue weighted by molar-refractivity contribution is -0.0271. The van der Waals surface area contributed by atoms with E-state index in [0.717, 1.165) is 27.9 Å².